The van der Waals surface area contributed by atoms with Crippen molar-refractivity contribution < 1.29 is 9.59 Å². The largest absolute Gasteiger partial charge is 0.338 e. The second-order valence-corrected chi connectivity index (χ2v) is 7.33. The smallest absolute Gasteiger partial charge is 0.255 e. The van der Waals surface area contributed by atoms with E-state index in [1.165, 1.54) is 0 Å². The van der Waals surface area contributed by atoms with Gasteiger partial charge in [-0.1, -0.05) is 13.8 Å². The molecule has 0 aromatic carbocycles. The van der Waals surface area contributed by atoms with Crippen molar-refractivity contribution in [3.63, 3.8) is 0 Å². The maximum atomic E-state index is 12.8. The van der Waals surface area contributed by atoms with Crippen molar-refractivity contribution >= 4 is 11.7 Å². The van der Waals surface area contributed by atoms with E-state index in [2.05, 4.69) is 23.8 Å². The topological polar surface area (TPSA) is 63.2 Å². The van der Waals surface area contributed by atoms with Crippen molar-refractivity contribution in [2.45, 2.75) is 33.1 Å². The van der Waals surface area contributed by atoms with Crippen LogP contribution in [0.2, 0.25) is 0 Å². The molecule has 1 aliphatic rings. The average molecular weight is 351 g/mol. The molecule has 2 aromatic rings. The van der Waals surface area contributed by atoms with E-state index in [1.54, 1.807) is 29.6 Å². The van der Waals surface area contributed by atoms with Gasteiger partial charge in [-0.15, -0.1) is 0 Å². The number of ketones is 1. The van der Waals surface area contributed by atoms with Gasteiger partial charge in [0.2, 0.25) is 0 Å². The summed E-state index contributed by atoms with van der Waals surface area (Å²) >= 11 is 0. The van der Waals surface area contributed by atoms with Gasteiger partial charge in [-0.2, -0.15) is 0 Å². The number of nitrogens with zero attached hydrogens (tertiary/aromatic N) is 3. The van der Waals surface area contributed by atoms with Gasteiger partial charge in [-0.05, 0) is 43.0 Å². The third kappa shape index (κ3) is 4.34. The Bertz CT molecular complexity index is 757. The molecule has 2 aromatic heterocycles. The number of pyridine rings is 2. The zero-order valence-electron chi connectivity index (χ0n) is 15.4. The van der Waals surface area contributed by atoms with Crippen molar-refractivity contribution in [3.05, 3.63) is 48.4 Å². The lowest BCUT2D eigenvalue weighted by molar-refractivity contribution is -0.124. The van der Waals surface area contributed by atoms with E-state index in [0.29, 0.717) is 31.0 Å². The Balaban J connectivity index is 1.68. The summed E-state index contributed by atoms with van der Waals surface area (Å²) in [4.78, 5) is 35.5. The Hall–Kier alpha value is -2.56. The van der Waals surface area contributed by atoms with Crippen LogP contribution in [0.1, 0.15) is 43.5 Å². The molecule has 1 atom stereocenters. The number of rotatable bonds is 5. The van der Waals surface area contributed by atoms with Crippen molar-refractivity contribution in [1.82, 2.24) is 14.9 Å². The summed E-state index contributed by atoms with van der Waals surface area (Å²) in [6.07, 6.45) is 7.43. The number of amides is 1. The van der Waals surface area contributed by atoms with Crippen LogP contribution in [-0.4, -0.2) is 39.6 Å². The van der Waals surface area contributed by atoms with Crippen molar-refractivity contribution in [2.75, 3.05) is 13.1 Å². The zero-order chi connectivity index (χ0) is 18.5. The molecule has 3 rings (SSSR count). The summed E-state index contributed by atoms with van der Waals surface area (Å²) in [7, 11) is 0. The molecule has 1 unspecified atom stereocenters. The minimum Gasteiger partial charge on any atom is -0.338 e. The molecule has 0 bridgehead atoms. The van der Waals surface area contributed by atoms with E-state index in [-0.39, 0.29) is 17.6 Å². The fourth-order valence-electron chi connectivity index (χ4n) is 3.38. The van der Waals surface area contributed by atoms with Gasteiger partial charge in [0, 0.05) is 49.6 Å². The standard InChI is InChI=1S/C21H25N3O2/c1-15(2)11-20(25)18-6-4-10-24(14-18)21(26)17-7-8-19(23-13-17)16-5-3-9-22-12-16/h3,5,7-9,12-13,15,18H,4,6,10-11,14H2,1-2H3. The molecule has 0 aliphatic carbocycles. The predicted molar refractivity (Wildman–Crippen MR) is 101 cm³/mol. The molecular weight excluding hydrogens is 326 g/mol. The van der Waals surface area contributed by atoms with E-state index in [0.717, 1.165) is 24.1 Å². The molecule has 1 fully saturated rings. The Morgan fingerprint density at radius 3 is 2.73 bits per heavy atom. The summed E-state index contributed by atoms with van der Waals surface area (Å²) in [5.74, 6) is 0.565. The second-order valence-electron chi connectivity index (χ2n) is 7.33. The minimum atomic E-state index is -0.0442. The minimum absolute atomic E-state index is 0.0299. The van der Waals surface area contributed by atoms with Gasteiger partial charge in [0.15, 0.2) is 0 Å². The molecule has 26 heavy (non-hydrogen) atoms. The van der Waals surface area contributed by atoms with E-state index in [1.807, 2.05) is 18.2 Å². The molecule has 0 spiro atoms. The monoisotopic (exact) mass is 351 g/mol. The van der Waals surface area contributed by atoms with Crippen LogP contribution in [0.3, 0.4) is 0 Å². The zero-order valence-corrected chi connectivity index (χ0v) is 15.4. The Morgan fingerprint density at radius 1 is 1.23 bits per heavy atom. The van der Waals surface area contributed by atoms with Crippen LogP contribution >= 0.6 is 0 Å². The highest BCUT2D eigenvalue weighted by Crippen LogP contribution is 2.22. The lowest BCUT2D eigenvalue weighted by Crippen LogP contribution is -2.42. The van der Waals surface area contributed by atoms with Crippen LogP contribution < -0.4 is 0 Å². The van der Waals surface area contributed by atoms with Crippen LogP contribution in [-0.2, 0) is 4.79 Å². The Kier molecular flexibility index (Phi) is 5.76. The number of Topliss-reactive ketones (excluding diaryl/α,β-unsaturated/α-hetero) is 1. The molecule has 3 heterocycles. The van der Waals surface area contributed by atoms with Crippen molar-refractivity contribution in [3.8, 4) is 11.3 Å². The number of hydrogen-bond acceptors (Lipinski definition) is 4. The quantitative estimate of drug-likeness (QED) is 0.825. The molecule has 0 radical (unpaired) electrons. The fourth-order valence-corrected chi connectivity index (χ4v) is 3.38. The summed E-state index contributed by atoms with van der Waals surface area (Å²) in [6.45, 7) is 5.33. The molecule has 5 heteroatoms. The lowest BCUT2D eigenvalue weighted by Gasteiger charge is -2.32. The third-order valence-electron chi connectivity index (χ3n) is 4.74. The first-order chi connectivity index (χ1) is 12.5. The Morgan fingerprint density at radius 2 is 2.08 bits per heavy atom. The highest BCUT2D eigenvalue weighted by molar-refractivity contribution is 5.94. The fraction of sp³-hybridized carbons (Fsp3) is 0.429. The highest BCUT2D eigenvalue weighted by atomic mass is 16.2. The first-order valence-corrected chi connectivity index (χ1v) is 9.23. The first-order valence-electron chi connectivity index (χ1n) is 9.23. The van der Waals surface area contributed by atoms with Crippen LogP contribution in [0.5, 0.6) is 0 Å². The molecule has 1 amide bonds. The predicted octanol–water partition coefficient (Wildman–Crippen LogP) is 3.61. The molecular formula is C21H25N3O2. The van der Waals surface area contributed by atoms with E-state index < -0.39 is 0 Å². The van der Waals surface area contributed by atoms with Gasteiger partial charge < -0.3 is 4.90 Å². The first kappa shape index (κ1) is 18.2. The normalized spacial score (nSPS) is 17.3. The van der Waals surface area contributed by atoms with E-state index in [4.69, 9.17) is 0 Å². The number of piperidine rings is 1. The SMILES string of the molecule is CC(C)CC(=O)C1CCCN(C(=O)c2ccc(-c3cccnc3)nc2)C1. The van der Waals surface area contributed by atoms with Gasteiger partial charge in [0.1, 0.15) is 5.78 Å². The second kappa shape index (κ2) is 8.21. The molecule has 0 saturated carbocycles. The summed E-state index contributed by atoms with van der Waals surface area (Å²) in [6, 6.07) is 7.44. The van der Waals surface area contributed by atoms with Crippen LogP contribution in [0, 0.1) is 11.8 Å². The van der Waals surface area contributed by atoms with E-state index in [9.17, 15) is 9.59 Å². The average Bonchev–Trinajstić information content (AvgIpc) is 2.68. The van der Waals surface area contributed by atoms with Gasteiger partial charge in [0.25, 0.3) is 5.91 Å². The van der Waals surface area contributed by atoms with Crippen molar-refractivity contribution in [1.29, 1.82) is 0 Å². The summed E-state index contributed by atoms with van der Waals surface area (Å²) in [5.41, 5.74) is 2.27. The molecule has 5 nitrogen and oxygen atoms in total. The maximum absolute atomic E-state index is 12.8. The van der Waals surface area contributed by atoms with Gasteiger partial charge in [-0.25, -0.2) is 0 Å². The highest BCUT2D eigenvalue weighted by Gasteiger charge is 2.29. The number of aromatic nitrogens is 2. The Labute approximate surface area is 154 Å². The van der Waals surface area contributed by atoms with Crippen LogP contribution in [0.15, 0.2) is 42.9 Å². The number of likely N-dealkylation sites (tertiary alicyclic amines) is 1. The van der Waals surface area contributed by atoms with E-state index >= 15 is 0 Å². The lowest BCUT2D eigenvalue weighted by atomic mass is 9.89. The molecule has 136 valence electrons. The van der Waals surface area contributed by atoms with Crippen molar-refractivity contribution in [2.24, 2.45) is 11.8 Å². The van der Waals surface area contributed by atoms with Crippen LogP contribution in [0.25, 0.3) is 11.3 Å². The van der Waals surface area contributed by atoms with Gasteiger partial charge in [0.05, 0.1) is 11.3 Å². The number of carbonyl (C=O) groups excluding carboxylic acids is 2. The third-order valence-corrected chi connectivity index (χ3v) is 4.74. The molecule has 1 saturated heterocycles. The van der Waals surface area contributed by atoms with Crippen LogP contribution in [0.4, 0.5) is 0 Å². The summed E-state index contributed by atoms with van der Waals surface area (Å²) < 4.78 is 0. The molecule has 0 N–H and O–H groups in total. The van der Waals surface area contributed by atoms with Gasteiger partial charge >= 0.3 is 0 Å². The van der Waals surface area contributed by atoms with Gasteiger partial charge in [-0.3, -0.25) is 19.6 Å². The maximum Gasteiger partial charge on any atom is 0.255 e. The number of hydrogen-bond donors (Lipinski definition) is 0. The molecule has 1 aliphatic heterocycles. The number of carbonyl (C=O) groups is 2. The summed E-state index contributed by atoms with van der Waals surface area (Å²) in [5, 5.41) is 0.